The molecule has 0 fully saturated rings. The standard InChI is InChI=1S/C12H26O7/c13-3-1-11(5-15,2-4-14)9-19-10-12(6-16,7-17)8-18/h13-18H,1-10H2. The molecule has 7 heteroatoms. The number of rotatable bonds is 12. The molecule has 0 atom stereocenters. The molecule has 0 aliphatic rings. The van der Waals surface area contributed by atoms with Crippen LogP contribution < -0.4 is 0 Å². The van der Waals surface area contributed by atoms with Crippen molar-refractivity contribution in [3.8, 4) is 0 Å². The minimum atomic E-state index is -1.13. The van der Waals surface area contributed by atoms with Gasteiger partial charge in [-0.3, -0.25) is 0 Å². The average Bonchev–Trinajstić information content (AvgIpc) is 2.44. The van der Waals surface area contributed by atoms with E-state index in [2.05, 4.69) is 0 Å². The third-order valence-electron chi connectivity index (χ3n) is 3.44. The van der Waals surface area contributed by atoms with Crippen LogP contribution in [0.4, 0.5) is 0 Å². The molecule has 0 amide bonds. The lowest BCUT2D eigenvalue weighted by Gasteiger charge is -2.33. The highest BCUT2D eigenvalue weighted by molar-refractivity contribution is 4.81. The van der Waals surface area contributed by atoms with Crippen molar-refractivity contribution in [3.63, 3.8) is 0 Å². The van der Waals surface area contributed by atoms with Crippen LogP contribution in [0.5, 0.6) is 0 Å². The van der Waals surface area contributed by atoms with Crippen LogP contribution >= 0.6 is 0 Å². The minimum Gasteiger partial charge on any atom is -0.396 e. The van der Waals surface area contributed by atoms with Gasteiger partial charge in [-0.2, -0.15) is 0 Å². The third kappa shape index (κ3) is 5.70. The summed E-state index contributed by atoms with van der Waals surface area (Å²) >= 11 is 0. The molecule has 0 aromatic rings. The summed E-state index contributed by atoms with van der Waals surface area (Å²) in [5, 5.41) is 54.8. The predicted octanol–water partition coefficient (Wildman–Crippen LogP) is -2.29. The number of aliphatic hydroxyl groups is 6. The lowest BCUT2D eigenvalue weighted by molar-refractivity contribution is -0.0895. The first kappa shape index (κ1) is 18.7. The van der Waals surface area contributed by atoms with Crippen molar-refractivity contribution in [2.24, 2.45) is 10.8 Å². The Kier molecular flexibility index (Phi) is 9.46. The van der Waals surface area contributed by atoms with Crippen LogP contribution in [-0.2, 0) is 4.74 Å². The van der Waals surface area contributed by atoms with Gasteiger partial charge in [0, 0.05) is 18.6 Å². The van der Waals surface area contributed by atoms with E-state index in [1.807, 2.05) is 0 Å². The fourth-order valence-corrected chi connectivity index (χ4v) is 1.72. The molecule has 0 unspecified atom stereocenters. The van der Waals surface area contributed by atoms with Gasteiger partial charge in [0.15, 0.2) is 0 Å². The highest BCUT2D eigenvalue weighted by atomic mass is 16.5. The summed E-state index contributed by atoms with van der Waals surface area (Å²) in [6, 6.07) is 0. The Balaban J connectivity index is 4.46. The zero-order valence-electron chi connectivity index (χ0n) is 11.2. The van der Waals surface area contributed by atoms with E-state index in [4.69, 9.17) is 30.3 Å². The van der Waals surface area contributed by atoms with Crippen LogP contribution in [0.2, 0.25) is 0 Å². The van der Waals surface area contributed by atoms with Crippen LogP contribution in [0.25, 0.3) is 0 Å². The number of ether oxygens (including phenoxy) is 1. The van der Waals surface area contributed by atoms with Crippen LogP contribution in [0.15, 0.2) is 0 Å². The Hall–Kier alpha value is -0.280. The quantitative estimate of drug-likeness (QED) is 0.237. The molecular weight excluding hydrogens is 256 g/mol. The van der Waals surface area contributed by atoms with Crippen molar-refractivity contribution in [1.82, 2.24) is 0 Å². The van der Waals surface area contributed by atoms with Crippen molar-refractivity contribution in [3.05, 3.63) is 0 Å². The van der Waals surface area contributed by atoms with Crippen LogP contribution in [0.1, 0.15) is 12.8 Å². The molecule has 0 aromatic heterocycles. The molecule has 0 saturated heterocycles. The van der Waals surface area contributed by atoms with E-state index in [1.54, 1.807) is 0 Å². The monoisotopic (exact) mass is 282 g/mol. The second-order valence-electron chi connectivity index (χ2n) is 5.07. The maximum absolute atomic E-state index is 9.39. The van der Waals surface area contributed by atoms with Crippen molar-refractivity contribution < 1.29 is 35.4 Å². The van der Waals surface area contributed by atoms with Crippen molar-refractivity contribution >= 4 is 0 Å². The van der Waals surface area contributed by atoms with Gasteiger partial charge in [-0.05, 0) is 12.8 Å². The Morgan fingerprint density at radius 3 is 1.26 bits per heavy atom. The van der Waals surface area contributed by atoms with Crippen LogP contribution in [0, 0.1) is 10.8 Å². The van der Waals surface area contributed by atoms with Crippen molar-refractivity contribution in [1.29, 1.82) is 0 Å². The molecule has 0 saturated carbocycles. The Morgan fingerprint density at radius 1 is 0.579 bits per heavy atom. The van der Waals surface area contributed by atoms with Gasteiger partial charge in [-0.1, -0.05) is 0 Å². The molecular formula is C12H26O7. The largest absolute Gasteiger partial charge is 0.396 e. The lowest BCUT2D eigenvalue weighted by Crippen LogP contribution is -2.41. The SMILES string of the molecule is OCCC(CO)(CCO)COCC(CO)(CO)CO. The number of aliphatic hydroxyl groups excluding tert-OH is 6. The minimum absolute atomic E-state index is 0.0619. The third-order valence-corrected chi connectivity index (χ3v) is 3.44. The fourth-order valence-electron chi connectivity index (χ4n) is 1.72. The first-order valence-electron chi connectivity index (χ1n) is 6.30. The van der Waals surface area contributed by atoms with Gasteiger partial charge in [0.1, 0.15) is 0 Å². The van der Waals surface area contributed by atoms with Gasteiger partial charge in [0.2, 0.25) is 0 Å². The van der Waals surface area contributed by atoms with Gasteiger partial charge in [-0.25, -0.2) is 0 Å². The van der Waals surface area contributed by atoms with E-state index in [0.717, 1.165) is 0 Å². The van der Waals surface area contributed by atoms with Crippen LogP contribution in [0.3, 0.4) is 0 Å². The summed E-state index contributed by atoms with van der Waals surface area (Å²) in [6.07, 6.45) is 0.545. The second kappa shape index (κ2) is 9.60. The molecule has 116 valence electrons. The molecule has 19 heavy (non-hydrogen) atoms. The lowest BCUT2D eigenvalue weighted by atomic mass is 9.83. The first-order valence-corrected chi connectivity index (χ1v) is 6.30. The fraction of sp³-hybridized carbons (Fsp3) is 1.00. The maximum Gasteiger partial charge on any atom is 0.0629 e. The van der Waals surface area contributed by atoms with E-state index < -0.39 is 30.7 Å². The molecule has 6 N–H and O–H groups in total. The number of hydrogen-bond acceptors (Lipinski definition) is 7. The normalized spacial score (nSPS) is 12.9. The summed E-state index contributed by atoms with van der Waals surface area (Å²) in [7, 11) is 0. The van der Waals surface area contributed by atoms with Crippen molar-refractivity contribution in [2.75, 3.05) is 52.9 Å². The van der Waals surface area contributed by atoms with Gasteiger partial charge in [-0.15, -0.1) is 0 Å². The summed E-state index contributed by atoms with van der Waals surface area (Å²) < 4.78 is 5.37. The summed E-state index contributed by atoms with van der Waals surface area (Å²) in [6.45, 7) is -1.82. The van der Waals surface area contributed by atoms with Gasteiger partial charge >= 0.3 is 0 Å². The summed E-state index contributed by atoms with van der Waals surface area (Å²) in [4.78, 5) is 0. The first-order chi connectivity index (χ1) is 9.07. The average molecular weight is 282 g/mol. The Morgan fingerprint density at radius 2 is 0.947 bits per heavy atom. The van der Waals surface area contributed by atoms with E-state index >= 15 is 0 Å². The second-order valence-corrected chi connectivity index (χ2v) is 5.07. The molecule has 7 nitrogen and oxygen atoms in total. The topological polar surface area (TPSA) is 131 Å². The molecule has 0 radical (unpaired) electrons. The molecule has 0 spiro atoms. The Bertz CT molecular complexity index is 204. The molecule has 0 aliphatic heterocycles. The molecule has 0 heterocycles. The Labute approximate surface area is 113 Å². The summed E-state index contributed by atoms with van der Waals surface area (Å²) in [5.41, 5.74) is -1.88. The number of hydrogen-bond donors (Lipinski definition) is 6. The summed E-state index contributed by atoms with van der Waals surface area (Å²) in [5.74, 6) is 0. The van der Waals surface area contributed by atoms with E-state index in [1.165, 1.54) is 0 Å². The van der Waals surface area contributed by atoms with Gasteiger partial charge in [0.05, 0.1) is 45.1 Å². The van der Waals surface area contributed by atoms with E-state index in [0.29, 0.717) is 0 Å². The molecule has 0 bridgehead atoms. The van der Waals surface area contributed by atoms with Crippen LogP contribution in [-0.4, -0.2) is 83.5 Å². The highest BCUT2D eigenvalue weighted by Crippen LogP contribution is 2.27. The highest BCUT2D eigenvalue weighted by Gasteiger charge is 2.32. The molecule has 0 rings (SSSR count). The smallest absolute Gasteiger partial charge is 0.0629 e. The molecule has 0 aliphatic carbocycles. The maximum atomic E-state index is 9.39. The van der Waals surface area contributed by atoms with Gasteiger partial charge in [0.25, 0.3) is 0 Å². The predicted molar refractivity (Wildman–Crippen MR) is 67.4 cm³/mol. The van der Waals surface area contributed by atoms with Gasteiger partial charge < -0.3 is 35.4 Å². The zero-order valence-corrected chi connectivity index (χ0v) is 11.2. The van der Waals surface area contributed by atoms with Crippen molar-refractivity contribution in [2.45, 2.75) is 12.8 Å². The molecule has 0 aromatic carbocycles. The zero-order chi connectivity index (χ0) is 14.8. The van der Waals surface area contributed by atoms with E-state index in [9.17, 15) is 5.11 Å². The van der Waals surface area contributed by atoms with E-state index in [-0.39, 0.29) is 45.9 Å².